The lowest BCUT2D eigenvalue weighted by Gasteiger charge is -2.41. The van der Waals surface area contributed by atoms with Crippen molar-refractivity contribution in [3.63, 3.8) is 0 Å². The van der Waals surface area contributed by atoms with Crippen molar-refractivity contribution >= 4 is 0 Å². The fourth-order valence-electron chi connectivity index (χ4n) is 2.52. The largest absolute Gasteiger partial charge is 0.0801 e. The van der Waals surface area contributed by atoms with Crippen molar-refractivity contribution in [1.82, 2.24) is 0 Å². The van der Waals surface area contributed by atoms with Gasteiger partial charge in [-0.25, -0.2) is 0 Å². The van der Waals surface area contributed by atoms with Crippen LogP contribution in [0.15, 0.2) is 35.5 Å². The highest BCUT2D eigenvalue weighted by atomic mass is 14.4. The second-order valence-electron chi connectivity index (χ2n) is 7.21. The normalized spacial score (nSPS) is 29.1. The van der Waals surface area contributed by atoms with Gasteiger partial charge >= 0.3 is 0 Å². The zero-order valence-corrected chi connectivity index (χ0v) is 11.5. The molecular weight excluding hydrogens is 192 g/mol. The number of fused-ring (bicyclic) bond motifs is 1. The molecule has 0 aromatic carbocycles. The van der Waals surface area contributed by atoms with E-state index in [0.717, 1.165) is 0 Å². The quantitative estimate of drug-likeness (QED) is 0.513. The maximum absolute atomic E-state index is 2.46. The minimum absolute atomic E-state index is 0.269. The molecule has 0 aliphatic heterocycles. The molecule has 0 heteroatoms. The van der Waals surface area contributed by atoms with Gasteiger partial charge in [0.2, 0.25) is 0 Å². The lowest BCUT2D eigenvalue weighted by Crippen LogP contribution is -2.30. The van der Waals surface area contributed by atoms with Crippen LogP contribution in [0.25, 0.3) is 0 Å². The van der Waals surface area contributed by atoms with Gasteiger partial charge in [0.1, 0.15) is 0 Å². The molecule has 0 bridgehead atoms. The molecule has 0 nitrogen and oxygen atoms in total. The molecule has 2 atom stereocenters. The minimum Gasteiger partial charge on any atom is -0.0801 e. The molecular formula is C16H24. The summed E-state index contributed by atoms with van der Waals surface area (Å²) in [6.07, 6.45) is 9.61. The molecule has 0 saturated carbocycles. The van der Waals surface area contributed by atoms with E-state index in [-0.39, 0.29) is 5.41 Å². The van der Waals surface area contributed by atoms with Crippen LogP contribution >= 0.6 is 0 Å². The lowest BCUT2D eigenvalue weighted by molar-refractivity contribution is 0.393. The lowest BCUT2D eigenvalue weighted by atomic mass is 9.63. The van der Waals surface area contributed by atoms with Gasteiger partial charge in [-0.3, -0.25) is 0 Å². The smallest absolute Gasteiger partial charge is 0.00832 e. The van der Waals surface area contributed by atoms with E-state index in [1.807, 2.05) is 0 Å². The highest BCUT2D eigenvalue weighted by molar-refractivity contribution is 5.44. The van der Waals surface area contributed by atoms with E-state index in [1.165, 1.54) is 5.57 Å². The second-order valence-corrected chi connectivity index (χ2v) is 7.21. The third kappa shape index (κ3) is 1.90. The van der Waals surface area contributed by atoms with E-state index < -0.39 is 0 Å². The average molecular weight is 216 g/mol. The highest BCUT2D eigenvalue weighted by Crippen LogP contribution is 2.47. The molecule has 0 unspecified atom stereocenters. The molecule has 0 N–H and O–H groups in total. The predicted octanol–water partition coefficient (Wildman–Crippen LogP) is 4.75. The third-order valence-electron chi connectivity index (χ3n) is 3.73. The molecule has 2 rings (SSSR count). The average Bonchev–Trinajstić information content (AvgIpc) is 2.02. The molecule has 0 radical (unpaired) electrons. The van der Waals surface area contributed by atoms with Gasteiger partial charge in [-0.2, -0.15) is 0 Å². The van der Waals surface area contributed by atoms with E-state index in [1.54, 1.807) is 5.57 Å². The molecule has 2 aliphatic carbocycles. The number of rotatable bonds is 0. The second kappa shape index (κ2) is 3.35. The van der Waals surface area contributed by atoms with Crippen molar-refractivity contribution in [1.29, 1.82) is 0 Å². The van der Waals surface area contributed by atoms with Crippen LogP contribution in [-0.2, 0) is 0 Å². The zero-order chi connectivity index (χ0) is 12.1. The summed E-state index contributed by atoms with van der Waals surface area (Å²) >= 11 is 0. The third-order valence-corrected chi connectivity index (χ3v) is 3.73. The first-order chi connectivity index (χ1) is 7.19. The Morgan fingerprint density at radius 1 is 0.875 bits per heavy atom. The van der Waals surface area contributed by atoms with Gasteiger partial charge in [-0.15, -0.1) is 0 Å². The summed E-state index contributed by atoms with van der Waals surface area (Å²) in [4.78, 5) is 0. The summed E-state index contributed by atoms with van der Waals surface area (Å²) in [6, 6.07) is 0. The number of hydrogen-bond acceptors (Lipinski definition) is 0. The van der Waals surface area contributed by atoms with Gasteiger partial charge in [-0.1, -0.05) is 71.4 Å². The van der Waals surface area contributed by atoms with Crippen molar-refractivity contribution < 1.29 is 0 Å². The maximum Gasteiger partial charge on any atom is 0.00832 e. The Labute approximate surface area is 100 Å². The Hall–Kier alpha value is -0.780. The molecule has 0 heterocycles. The van der Waals surface area contributed by atoms with E-state index in [0.29, 0.717) is 17.3 Å². The Morgan fingerprint density at radius 2 is 1.50 bits per heavy atom. The van der Waals surface area contributed by atoms with Crippen LogP contribution in [0.5, 0.6) is 0 Å². The van der Waals surface area contributed by atoms with Gasteiger partial charge in [-0.05, 0) is 16.4 Å². The molecule has 0 amide bonds. The van der Waals surface area contributed by atoms with Crippen molar-refractivity contribution in [2.45, 2.75) is 41.5 Å². The summed E-state index contributed by atoms with van der Waals surface area (Å²) in [7, 11) is 0. The standard InChI is InChI=1S/C16H24/c1-15(2,3)12-9-11-7-8-13(11)14(10-12)16(4,5)6/h7-11,13H,1-6H3/t11-,13-/m1/s1. The van der Waals surface area contributed by atoms with Crippen molar-refractivity contribution in [3.8, 4) is 0 Å². The predicted molar refractivity (Wildman–Crippen MR) is 71.2 cm³/mol. The first kappa shape index (κ1) is 11.7. The highest BCUT2D eigenvalue weighted by Gasteiger charge is 2.36. The maximum atomic E-state index is 2.46. The van der Waals surface area contributed by atoms with Gasteiger partial charge < -0.3 is 0 Å². The summed E-state index contributed by atoms with van der Waals surface area (Å²) in [5, 5.41) is 0. The topological polar surface area (TPSA) is 0 Å². The Bertz CT molecular complexity index is 377. The van der Waals surface area contributed by atoms with Crippen molar-refractivity contribution in [2.24, 2.45) is 22.7 Å². The molecule has 88 valence electrons. The van der Waals surface area contributed by atoms with Gasteiger partial charge in [0.15, 0.2) is 0 Å². The molecule has 2 aliphatic rings. The summed E-state index contributed by atoms with van der Waals surface area (Å²) in [5.74, 6) is 1.33. The minimum atomic E-state index is 0.269. The first-order valence-electron chi connectivity index (χ1n) is 6.32. The van der Waals surface area contributed by atoms with Crippen LogP contribution in [0.4, 0.5) is 0 Å². The van der Waals surface area contributed by atoms with Gasteiger partial charge in [0.05, 0.1) is 0 Å². The van der Waals surface area contributed by atoms with E-state index in [9.17, 15) is 0 Å². The summed E-state index contributed by atoms with van der Waals surface area (Å²) in [5.41, 5.74) is 3.67. The number of allylic oxidation sites excluding steroid dienone is 6. The van der Waals surface area contributed by atoms with Crippen LogP contribution < -0.4 is 0 Å². The van der Waals surface area contributed by atoms with Crippen LogP contribution in [-0.4, -0.2) is 0 Å². The SMILES string of the molecule is CC(C)(C)C1=C[C@H]2C=C[C@H]2C(C(C)(C)C)=C1. The van der Waals surface area contributed by atoms with Crippen molar-refractivity contribution in [2.75, 3.05) is 0 Å². The van der Waals surface area contributed by atoms with Gasteiger partial charge in [0, 0.05) is 11.8 Å². The molecule has 0 saturated heterocycles. The fraction of sp³-hybridized carbons (Fsp3) is 0.625. The first-order valence-corrected chi connectivity index (χ1v) is 6.32. The van der Waals surface area contributed by atoms with Crippen LogP contribution in [0.1, 0.15) is 41.5 Å². The van der Waals surface area contributed by atoms with Crippen LogP contribution in [0.2, 0.25) is 0 Å². The molecule has 0 aromatic heterocycles. The van der Waals surface area contributed by atoms with Gasteiger partial charge in [0.25, 0.3) is 0 Å². The van der Waals surface area contributed by atoms with E-state index in [2.05, 4.69) is 65.8 Å². The Morgan fingerprint density at radius 3 is 1.88 bits per heavy atom. The van der Waals surface area contributed by atoms with E-state index in [4.69, 9.17) is 0 Å². The van der Waals surface area contributed by atoms with Crippen LogP contribution in [0.3, 0.4) is 0 Å². The Kier molecular flexibility index (Phi) is 2.45. The molecule has 0 aromatic rings. The molecule has 16 heavy (non-hydrogen) atoms. The fourth-order valence-corrected chi connectivity index (χ4v) is 2.52. The summed E-state index contributed by atoms with van der Waals surface area (Å²) < 4.78 is 0. The molecule has 0 spiro atoms. The van der Waals surface area contributed by atoms with Crippen molar-refractivity contribution in [3.05, 3.63) is 35.5 Å². The zero-order valence-electron chi connectivity index (χ0n) is 11.5. The molecule has 0 fully saturated rings. The number of hydrogen-bond donors (Lipinski definition) is 0. The monoisotopic (exact) mass is 216 g/mol. The Balaban J connectivity index is 2.42. The van der Waals surface area contributed by atoms with Crippen LogP contribution in [0, 0.1) is 22.7 Å². The summed E-state index contributed by atoms with van der Waals surface area (Å²) in [6.45, 7) is 13.9. The van der Waals surface area contributed by atoms with E-state index >= 15 is 0 Å².